The van der Waals surface area contributed by atoms with Crippen LogP contribution in [0.5, 0.6) is 0 Å². The summed E-state index contributed by atoms with van der Waals surface area (Å²) in [7, 11) is 0. The van der Waals surface area contributed by atoms with Gasteiger partial charge >= 0.3 is 6.09 Å². The van der Waals surface area contributed by atoms with Crippen LogP contribution < -0.4 is 16.6 Å². The average molecular weight is 315 g/mol. The molecule has 0 aromatic heterocycles. The van der Waals surface area contributed by atoms with Crippen LogP contribution >= 0.6 is 0 Å². The Labute approximate surface area is 134 Å². The molecule has 0 aliphatic heterocycles. The van der Waals surface area contributed by atoms with Crippen molar-refractivity contribution in [1.82, 2.24) is 10.7 Å². The van der Waals surface area contributed by atoms with Crippen molar-refractivity contribution in [3.63, 3.8) is 0 Å². The maximum Gasteiger partial charge on any atom is 0.407 e. The highest BCUT2D eigenvalue weighted by Gasteiger charge is 2.33. The summed E-state index contributed by atoms with van der Waals surface area (Å²) in [5.74, 6) is 4.98. The molecule has 2 amide bonds. The van der Waals surface area contributed by atoms with E-state index in [4.69, 9.17) is 10.6 Å². The van der Waals surface area contributed by atoms with Crippen LogP contribution in [0, 0.1) is 10.8 Å². The van der Waals surface area contributed by atoms with Crippen molar-refractivity contribution in [1.29, 1.82) is 0 Å². The first-order chi connectivity index (χ1) is 9.82. The number of nitrogens with two attached hydrogens (primary N) is 1. The number of amides is 2. The van der Waals surface area contributed by atoms with E-state index in [-0.39, 0.29) is 16.7 Å². The second-order valence-electron chi connectivity index (χ2n) is 8.10. The van der Waals surface area contributed by atoms with E-state index in [1.165, 1.54) is 0 Å². The zero-order valence-electron chi connectivity index (χ0n) is 15.1. The van der Waals surface area contributed by atoms with Crippen LogP contribution in [0.1, 0.15) is 67.7 Å². The molecule has 4 N–H and O–H groups in total. The lowest BCUT2D eigenvalue weighted by atomic mass is 9.71. The van der Waals surface area contributed by atoms with Gasteiger partial charge in [-0.15, -0.1) is 0 Å². The molecule has 1 atom stereocenters. The predicted molar refractivity (Wildman–Crippen MR) is 88.0 cm³/mol. The standard InChI is InChI=1S/C16H33N3O3/c1-8-16(7,10-15(5,6)9-12(20)19-17)11-18-13(21)22-14(2,3)4/h8-11,17H2,1-7H3,(H,18,21)(H,19,20). The predicted octanol–water partition coefficient (Wildman–Crippen LogP) is 2.72. The van der Waals surface area contributed by atoms with Gasteiger partial charge in [0, 0.05) is 13.0 Å². The first-order valence-corrected chi connectivity index (χ1v) is 7.79. The number of ether oxygens (including phenoxy) is 1. The molecular weight excluding hydrogens is 282 g/mol. The van der Waals surface area contributed by atoms with Crippen LogP contribution in [-0.4, -0.2) is 24.1 Å². The molecule has 0 bridgehead atoms. The SMILES string of the molecule is CCC(C)(CNC(=O)OC(C)(C)C)CC(C)(C)CC(=O)NN. The fourth-order valence-electron chi connectivity index (χ4n) is 2.62. The van der Waals surface area contributed by atoms with Crippen molar-refractivity contribution < 1.29 is 14.3 Å². The Morgan fingerprint density at radius 1 is 1.09 bits per heavy atom. The summed E-state index contributed by atoms with van der Waals surface area (Å²) >= 11 is 0. The molecule has 0 heterocycles. The molecule has 0 aromatic carbocycles. The van der Waals surface area contributed by atoms with Crippen molar-refractivity contribution >= 4 is 12.0 Å². The molecule has 1 unspecified atom stereocenters. The van der Waals surface area contributed by atoms with Crippen molar-refractivity contribution in [3.8, 4) is 0 Å². The smallest absolute Gasteiger partial charge is 0.407 e. The molecule has 0 saturated carbocycles. The second-order valence-corrected chi connectivity index (χ2v) is 8.10. The van der Waals surface area contributed by atoms with Crippen LogP contribution in [0.2, 0.25) is 0 Å². The largest absolute Gasteiger partial charge is 0.444 e. The number of rotatable bonds is 7. The highest BCUT2D eigenvalue weighted by Crippen LogP contribution is 2.38. The Balaban J connectivity index is 4.64. The fourth-order valence-corrected chi connectivity index (χ4v) is 2.62. The summed E-state index contributed by atoms with van der Waals surface area (Å²) in [5.41, 5.74) is 1.34. The lowest BCUT2D eigenvalue weighted by Crippen LogP contribution is -2.42. The number of hydrogen-bond acceptors (Lipinski definition) is 4. The molecular formula is C16H33N3O3. The maximum absolute atomic E-state index is 11.8. The van der Waals surface area contributed by atoms with Crippen molar-refractivity contribution in [2.75, 3.05) is 6.54 Å². The lowest BCUT2D eigenvalue weighted by Gasteiger charge is -2.37. The van der Waals surface area contributed by atoms with E-state index in [0.717, 1.165) is 12.8 Å². The van der Waals surface area contributed by atoms with Crippen LogP contribution in [0.15, 0.2) is 0 Å². The van der Waals surface area contributed by atoms with E-state index in [1.54, 1.807) is 0 Å². The third-order valence-electron chi connectivity index (χ3n) is 3.62. The molecule has 0 fully saturated rings. The summed E-state index contributed by atoms with van der Waals surface area (Å²) in [6.45, 7) is 14.3. The summed E-state index contributed by atoms with van der Waals surface area (Å²) in [5, 5.41) is 2.83. The molecule has 0 spiro atoms. The molecule has 130 valence electrons. The Hall–Kier alpha value is -1.30. The van der Waals surface area contributed by atoms with Gasteiger partial charge in [-0.05, 0) is 44.4 Å². The molecule has 0 radical (unpaired) electrons. The van der Waals surface area contributed by atoms with Gasteiger partial charge in [-0.2, -0.15) is 0 Å². The normalized spacial score (nSPS) is 14.9. The van der Waals surface area contributed by atoms with Gasteiger partial charge in [0.2, 0.25) is 5.91 Å². The molecule has 0 saturated heterocycles. The highest BCUT2D eigenvalue weighted by molar-refractivity contribution is 5.75. The molecule has 22 heavy (non-hydrogen) atoms. The monoisotopic (exact) mass is 315 g/mol. The Morgan fingerprint density at radius 2 is 1.64 bits per heavy atom. The molecule has 0 aliphatic rings. The molecule has 0 rings (SSSR count). The van der Waals surface area contributed by atoms with E-state index >= 15 is 0 Å². The van der Waals surface area contributed by atoms with E-state index in [0.29, 0.717) is 13.0 Å². The lowest BCUT2D eigenvalue weighted by molar-refractivity contribution is -0.123. The van der Waals surface area contributed by atoms with Gasteiger partial charge < -0.3 is 10.1 Å². The summed E-state index contributed by atoms with van der Waals surface area (Å²) in [4.78, 5) is 23.3. The zero-order valence-corrected chi connectivity index (χ0v) is 15.1. The summed E-state index contributed by atoms with van der Waals surface area (Å²) in [6, 6.07) is 0. The van der Waals surface area contributed by atoms with Gasteiger partial charge in [0.25, 0.3) is 0 Å². The van der Waals surface area contributed by atoms with Gasteiger partial charge in [0.1, 0.15) is 5.60 Å². The minimum Gasteiger partial charge on any atom is -0.444 e. The first-order valence-electron chi connectivity index (χ1n) is 7.79. The number of carbonyl (C=O) groups is 2. The molecule has 6 heteroatoms. The van der Waals surface area contributed by atoms with E-state index in [9.17, 15) is 9.59 Å². The van der Waals surface area contributed by atoms with Crippen LogP contribution in [0.4, 0.5) is 4.79 Å². The highest BCUT2D eigenvalue weighted by atomic mass is 16.6. The number of alkyl carbamates (subject to hydrolysis) is 1. The number of hydrogen-bond donors (Lipinski definition) is 3. The number of hydrazine groups is 1. The summed E-state index contributed by atoms with van der Waals surface area (Å²) in [6.07, 6.45) is 1.62. The van der Waals surface area contributed by atoms with E-state index < -0.39 is 11.7 Å². The maximum atomic E-state index is 11.8. The van der Waals surface area contributed by atoms with Crippen molar-refractivity contribution in [2.24, 2.45) is 16.7 Å². The minimum absolute atomic E-state index is 0.116. The average Bonchev–Trinajstić information content (AvgIpc) is 2.33. The third kappa shape index (κ3) is 8.87. The van der Waals surface area contributed by atoms with E-state index in [2.05, 4.69) is 24.6 Å². The van der Waals surface area contributed by atoms with Crippen LogP contribution in [0.25, 0.3) is 0 Å². The van der Waals surface area contributed by atoms with Crippen LogP contribution in [0.3, 0.4) is 0 Å². The summed E-state index contributed by atoms with van der Waals surface area (Å²) < 4.78 is 5.26. The third-order valence-corrected chi connectivity index (χ3v) is 3.62. The Bertz CT molecular complexity index is 389. The van der Waals surface area contributed by atoms with Gasteiger partial charge in [-0.25, -0.2) is 10.6 Å². The molecule has 6 nitrogen and oxygen atoms in total. The topological polar surface area (TPSA) is 93.4 Å². The first kappa shape index (κ1) is 20.7. The minimum atomic E-state index is -0.509. The molecule has 0 aromatic rings. The Kier molecular flexibility index (Phi) is 7.35. The quantitative estimate of drug-likeness (QED) is 0.382. The number of nitrogens with one attached hydrogen (secondary N) is 2. The molecule has 0 aliphatic carbocycles. The van der Waals surface area contributed by atoms with Crippen molar-refractivity contribution in [3.05, 3.63) is 0 Å². The fraction of sp³-hybridized carbons (Fsp3) is 0.875. The van der Waals surface area contributed by atoms with Crippen molar-refractivity contribution in [2.45, 2.75) is 73.3 Å². The van der Waals surface area contributed by atoms with E-state index in [1.807, 2.05) is 34.6 Å². The number of carbonyl (C=O) groups excluding carboxylic acids is 2. The second kappa shape index (κ2) is 7.81. The van der Waals surface area contributed by atoms with Crippen LogP contribution in [-0.2, 0) is 9.53 Å². The van der Waals surface area contributed by atoms with Gasteiger partial charge in [0.05, 0.1) is 0 Å². The van der Waals surface area contributed by atoms with Gasteiger partial charge in [0.15, 0.2) is 0 Å². The Morgan fingerprint density at radius 3 is 2.05 bits per heavy atom. The van der Waals surface area contributed by atoms with Gasteiger partial charge in [-0.1, -0.05) is 27.7 Å². The van der Waals surface area contributed by atoms with Gasteiger partial charge in [-0.3, -0.25) is 10.2 Å². The zero-order chi connectivity index (χ0) is 17.6.